The molecule has 0 spiro atoms. The van der Waals surface area contributed by atoms with Gasteiger partial charge in [-0.1, -0.05) is 12.5 Å². The number of hydrogen-bond donors (Lipinski definition) is 1. The Morgan fingerprint density at radius 2 is 2.00 bits per heavy atom. The molecule has 3 rings (SSSR count). The Balaban J connectivity index is 1.77. The molecule has 0 bridgehead atoms. The van der Waals surface area contributed by atoms with Crippen LogP contribution < -0.4 is 5.32 Å². The highest BCUT2D eigenvalue weighted by Crippen LogP contribution is 2.23. The minimum Gasteiger partial charge on any atom is -0.501 e. The van der Waals surface area contributed by atoms with Gasteiger partial charge in [-0.25, -0.2) is 0 Å². The molecule has 6 heteroatoms. The van der Waals surface area contributed by atoms with E-state index in [2.05, 4.69) is 31.2 Å². The summed E-state index contributed by atoms with van der Waals surface area (Å²) >= 11 is 0. The number of methoxy groups -OCH3 is 1. The summed E-state index contributed by atoms with van der Waals surface area (Å²) in [7, 11) is 1.68. The van der Waals surface area contributed by atoms with Crippen molar-refractivity contribution in [3.05, 3.63) is 70.5 Å². The lowest BCUT2D eigenvalue weighted by Gasteiger charge is -2.15. The summed E-state index contributed by atoms with van der Waals surface area (Å²) in [5.41, 5.74) is 5.61. The van der Waals surface area contributed by atoms with E-state index >= 15 is 0 Å². The second kappa shape index (κ2) is 9.03. The van der Waals surface area contributed by atoms with Crippen molar-refractivity contribution in [1.29, 1.82) is 0 Å². The van der Waals surface area contributed by atoms with Crippen molar-refractivity contribution in [2.75, 3.05) is 12.4 Å². The smallest absolute Gasteiger partial charge is 0.255 e. The lowest BCUT2D eigenvalue weighted by Crippen LogP contribution is -2.11. The Labute approximate surface area is 177 Å². The molecule has 0 aliphatic heterocycles. The molecule has 2 aromatic heterocycles. The molecule has 0 atom stereocenters. The van der Waals surface area contributed by atoms with Gasteiger partial charge in [0, 0.05) is 22.7 Å². The van der Waals surface area contributed by atoms with Crippen LogP contribution >= 0.6 is 0 Å². The number of nitrogens with zero attached hydrogens (tertiary/aromatic N) is 2. The van der Waals surface area contributed by atoms with Crippen LogP contribution in [-0.2, 0) is 11.3 Å². The molecule has 6 nitrogen and oxygen atoms in total. The fraction of sp³-hybridized carbons (Fsp3) is 0.333. The zero-order valence-corrected chi connectivity index (χ0v) is 18.5. The van der Waals surface area contributed by atoms with Gasteiger partial charge in [0.05, 0.1) is 31.3 Å². The maximum Gasteiger partial charge on any atom is 0.255 e. The summed E-state index contributed by atoms with van der Waals surface area (Å²) in [6.45, 7) is 10.8. The largest absolute Gasteiger partial charge is 0.501 e. The van der Waals surface area contributed by atoms with Crippen LogP contribution in [0.5, 0.6) is 0 Å². The highest BCUT2D eigenvalue weighted by molar-refractivity contribution is 6.06. The predicted octanol–water partition coefficient (Wildman–Crippen LogP) is 5.86. The van der Waals surface area contributed by atoms with Crippen LogP contribution in [0.2, 0.25) is 0 Å². The van der Waals surface area contributed by atoms with Crippen LogP contribution in [0.15, 0.2) is 63.6 Å². The number of carbonyl (C=O) groups is 1. The average Bonchev–Trinajstić information content (AvgIpc) is 3.34. The third kappa shape index (κ3) is 4.64. The molecule has 0 radical (unpaired) electrons. The number of carbonyl (C=O) groups excluding carboxylic acids is 1. The van der Waals surface area contributed by atoms with Crippen LogP contribution in [0, 0.1) is 6.92 Å². The van der Waals surface area contributed by atoms with Gasteiger partial charge in [-0.3, -0.25) is 9.48 Å². The minimum absolute atomic E-state index is 0.183. The fourth-order valence-electron chi connectivity index (χ4n) is 3.34. The van der Waals surface area contributed by atoms with Crippen LogP contribution in [-0.4, -0.2) is 22.8 Å². The number of amides is 1. The van der Waals surface area contributed by atoms with Crippen LogP contribution in [0.4, 0.5) is 5.69 Å². The first kappa shape index (κ1) is 21.4. The van der Waals surface area contributed by atoms with E-state index in [0.717, 1.165) is 34.5 Å². The summed E-state index contributed by atoms with van der Waals surface area (Å²) < 4.78 is 12.9. The number of fused-ring (bicyclic) bond motifs is 1. The number of rotatable bonds is 7. The van der Waals surface area contributed by atoms with E-state index in [1.165, 1.54) is 11.1 Å². The molecule has 30 heavy (non-hydrogen) atoms. The summed E-state index contributed by atoms with van der Waals surface area (Å²) in [6.07, 6.45) is 4.47. The molecule has 1 amide bonds. The van der Waals surface area contributed by atoms with Crippen molar-refractivity contribution in [2.45, 2.75) is 47.6 Å². The second-order valence-corrected chi connectivity index (χ2v) is 7.49. The van der Waals surface area contributed by atoms with Crippen molar-refractivity contribution in [3.63, 3.8) is 0 Å². The number of allylic oxidation sites excluding steroid dienone is 4. The number of furan rings is 1. The Hall–Kier alpha value is -3.28. The van der Waals surface area contributed by atoms with Crippen molar-refractivity contribution >= 4 is 22.6 Å². The highest BCUT2D eigenvalue weighted by atomic mass is 16.5. The van der Waals surface area contributed by atoms with E-state index in [1.807, 2.05) is 42.9 Å². The molecular weight excluding hydrogens is 378 g/mol. The summed E-state index contributed by atoms with van der Waals surface area (Å²) in [6, 6.07) is 7.33. The van der Waals surface area contributed by atoms with Gasteiger partial charge in [0.1, 0.15) is 11.3 Å². The lowest BCUT2D eigenvalue weighted by atomic mass is 10.00. The molecule has 0 aliphatic rings. The Bertz CT molecular complexity index is 1130. The summed E-state index contributed by atoms with van der Waals surface area (Å²) in [5.74, 6) is 1.50. The Morgan fingerprint density at radius 1 is 1.23 bits per heavy atom. The SMILES string of the molecule is CCC(C)=C(C)C(Cn1cc(NC(=O)c2ccc3oc(C)cc3c2)cn1)=C(C)OC. The molecule has 0 saturated carbocycles. The van der Waals surface area contributed by atoms with Gasteiger partial charge in [-0.05, 0) is 64.0 Å². The number of ether oxygens (including phenoxy) is 1. The molecule has 1 N–H and O–H groups in total. The van der Waals surface area contributed by atoms with Crippen LogP contribution in [0.25, 0.3) is 11.0 Å². The molecule has 2 heterocycles. The molecule has 0 saturated heterocycles. The van der Waals surface area contributed by atoms with Crippen LogP contribution in [0.3, 0.4) is 0 Å². The quantitative estimate of drug-likeness (QED) is 0.394. The van der Waals surface area contributed by atoms with Gasteiger partial charge in [-0.2, -0.15) is 5.10 Å². The third-order valence-corrected chi connectivity index (χ3v) is 5.47. The lowest BCUT2D eigenvalue weighted by molar-refractivity contribution is 0.102. The second-order valence-electron chi connectivity index (χ2n) is 7.49. The number of anilines is 1. The zero-order valence-electron chi connectivity index (χ0n) is 18.5. The maximum absolute atomic E-state index is 12.7. The van der Waals surface area contributed by atoms with E-state index < -0.39 is 0 Å². The molecule has 158 valence electrons. The molecular formula is C24H29N3O3. The summed E-state index contributed by atoms with van der Waals surface area (Å²) in [5, 5.41) is 8.24. The first-order valence-corrected chi connectivity index (χ1v) is 10.1. The predicted molar refractivity (Wildman–Crippen MR) is 120 cm³/mol. The first-order chi connectivity index (χ1) is 14.3. The van der Waals surface area contributed by atoms with Gasteiger partial charge >= 0.3 is 0 Å². The van der Waals surface area contributed by atoms with E-state index in [4.69, 9.17) is 9.15 Å². The number of aryl methyl sites for hydroxylation is 1. The first-order valence-electron chi connectivity index (χ1n) is 10.1. The maximum atomic E-state index is 12.7. The van der Waals surface area contributed by atoms with Gasteiger partial charge in [0.2, 0.25) is 0 Å². The van der Waals surface area contributed by atoms with Crippen molar-refractivity contribution in [2.24, 2.45) is 0 Å². The van der Waals surface area contributed by atoms with Gasteiger partial charge in [0.15, 0.2) is 0 Å². The monoisotopic (exact) mass is 407 g/mol. The molecule has 3 aromatic rings. The minimum atomic E-state index is -0.183. The van der Waals surface area contributed by atoms with Crippen LogP contribution in [0.1, 0.15) is 50.2 Å². The summed E-state index contributed by atoms with van der Waals surface area (Å²) in [4.78, 5) is 12.7. The Kier molecular flexibility index (Phi) is 6.45. The van der Waals surface area contributed by atoms with Crippen molar-refractivity contribution < 1.29 is 13.9 Å². The molecule has 0 fully saturated rings. The number of hydrogen-bond acceptors (Lipinski definition) is 4. The fourth-order valence-corrected chi connectivity index (χ4v) is 3.34. The zero-order chi connectivity index (χ0) is 21.8. The van der Waals surface area contributed by atoms with Gasteiger partial charge in [-0.15, -0.1) is 0 Å². The van der Waals surface area contributed by atoms with E-state index in [1.54, 1.807) is 19.4 Å². The molecule has 0 unspecified atom stereocenters. The number of nitrogens with one attached hydrogen (secondary N) is 1. The van der Waals surface area contributed by atoms with E-state index in [-0.39, 0.29) is 5.91 Å². The average molecular weight is 408 g/mol. The topological polar surface area (TPSA) is 69.3 Å². The molecule has 1 aromatic carbocycles. The highest BCUT2D eigenvalue weighted by Gasteiger charge is 2.13. The van der Waals surface area contributed by atoms with E-state index in [0.29, 0.717) is 17.8 Å². The normalized spacial score (nSPS) is 13.1. The number of aromatic nitrogens is 2. The molecule has 0 aliphatic carbocycles. The van der Waals surface area contributed by atoms with Gasteiger partial charge in [0.25, 0.3) is 5.91 Å². The van der Waals surface area contributed by atoms with Crippen molar-refractivity contribution in [3.8, 4) is 0 Å². The Morgan fingerprint density at radius 3 is 2.70 bits per heavy atom. The van der Waals surface area contributed by atoms with Gasteiger partial charge < -0.3 is 14.5 Å². The number of benzene rings is 1. The van der Waals surface area contributed by atoms with E-state index in [9.17, 15) is 4.79 Å². The third-order valence-electron chi connectivity index (χ3n) is 5.47. The standard InChI is InChI=1S/C24H29N3O3/c1-7-15(2)17(4)22(18(5)29-6)14-27-13-21(12-25-27)26-24(28)19-8-9-23-20(11-19)10-16(3)30-23/h8-13H,7,14H2,1-6H3,(H,26,28). The van der Waals surface area contributed by atoms with Crippen molar-refractivity contribution in [1.82, 2.24) is 9.78 Å².